The molecule has 2 aromatic carbocycles. The minimum absolute atomic E-state index is 0.0738. The summed E-state index contributed by atoms with van der Waals surface area (Å²) in [6.07, 6.45) is 0.550. The van der Waals surface area contributed by atoms with Crippen LogP contribution in [0.4, 0.5) is 0 Å². The Morgan fingerprint density at radius 1 is 1.10 bits per heavy atom. The lowest BCUT2D eigenvalue weighted by atomic mass is 10.0. The minimum atomic E-state index is -0.475. The molecule has 0 radical (unpaired) electrons. The molecule has 0 amide bonds. The van der Waals surface area contributed by atoms with Crippen LogP contribution in [0.5, 0.6) is 5.75 Å². The van der Waals surface area contributed by atoms with Crippen LogP contribution in [0, 0.1) is 0 Å². The summed E-state index contributed by atoms with van der Waals surface area (Å²) in [6, 6.07) is 16.3. The van der Waals surface area contributed by atoms with Gasteiger partial charge in [-0.15, -0.1) is 0 Å². The summed E-state index contributed by atoms with van der Waals surface area (Å²) in [4.78, 5) is 12.0. The average Bonchev–Trinajstić information content (AvgIpc) is 2.48. The van der Waals surface area contributed by atoms with E-state index in [1.165, 1.54) is 0 Å². The van der Waals surface area contributed by atoms with Crippen molar-refractivity contribution in [3.63, 3.8) is 0 Å². The number of carbonyl (C=O) groups is 1. The first-order valence-electron chi connectivity index (χ1n) is 6.37. The van der Waals surface area contributed by atoms with Gasteiger partial charge in [0, 0.05) is 6.61 Å². The predicted molar refractivity (Wildman–Crippen MR) is 78.3 cm³/mol. The lowest BCUT2D eigenvalue weighted by molar-refractivity contribution is -0.127. The fraction of sp³-hybridized carbons (Fsp3) is 0.118. The highest BCUT2D eigenvalue weighted by Gasteiger charge is 2.12. The molecule has 0 aliphatic carbocycles. The largest absolute Gasteiger partial charge is 0.423 e. The van der Waals surface area contributed by atoms with Crippen molar-refractivity contribution in [1.82, 2.24) is 0 Å². The van der Waals surface area contributed by atoms with Gasteiger partial charge in [-0.1, -0.05) is 49.0 Å². The van der Waals surface area contributed by atoms with Crippen molar-refractivity contribution in [3.05, 3.63) is 72.3 Å². The summed E-state index contributed by atoms with van der Waals surface area (Å²) in [7, 11) is 0. The summed E-state index contributed by atoms with van der Waals surface area (Å²) in [6.45, 7) is 3.86. The van der Waals surface area contributed by atoms with Crippen molar-refractivity contribution in [2.45, 2.75) is 6.42 Å². The van der Waals surface area contributed by atoms with Gasteiger partial charge in [0.2, 0.25) is 0 Å². The standard InChI is InChI=1S/C17H16O3/c1-13(15-7-5-6-14(12-15)10-11-18)17(19)20-16-8-3-2-4-9-16/h2-9,12,18H,1,10-11H2. The van der Waals surface area contributed by atoms with E-state index in [1.807, 2.05) is 24.3 Å². The Morgan fingerprint density at radius 2 is 1.85 bits per heavy atom. The Balaban J connectivity index is 2.10. The molecule has 0 saturated carbocycles. The fourth-order valence-electron chi connectivity index (χ4n) is 1.82. The number of rotatable bonds is 5. The lowest BCUT2D eigenvalue weighted by Gasteiger charge is -2.08. The zero-order chi connectivity index (χ0) is 14.4. The van der Waals surface area contributed by atoms with Crippen molar-refractivity contribution in [2.24, 2.45) is 0 Å². The van der Waals surface area contributed by atoms with Crippen LogP contribution in [0.3, 0.4) is 0 Å². The Kier molecular flexibility index (Phi) is 4.69. The molecule has 0 aliphatic rings. The Hall–Kier alpha value is -2.39. The molecule has 102 valence electrons. The number of hydrogen-bond acceptors (Lipinski definition) is 3. The molecule has 0 atom stereocenters. The topological polar surface area (TPSA) is 46.5 Å². The zero-order valence-corrected chi connectivity index (χ0v) is 11.1. The number of ether oxygens (including phenoxy) is 1. The predicted octanol–water partition coefficient (Wildman–Crippen LogP) is 2.84. The third-order valence-electron chi connectivity index (χ3n) is 2.88. The van der Waals surface area contributed by atoms with Gasteiger partial charge in [0.15, 0.2) is 0 Å². The SMILES string of the molecule is C=C(C(=O)Oc1ccccc1)c1cccc(CCO)c1. The number of esters is 1. The molecular weight excluding hydrogens is 252 g/mol. The maximum atomic E-state index is 12.0. The van der Waals surface area contributed by atoms with Gasteiger partial charge in [-0.25, -0.2) is 4.79 Å². The monoisotopic (exact) mass is 268 g/mol. The Bertz CT molecular complexity index is 603. The highest BCUT2D eigenvalue weighted by atomic mass is 16.5. The molecule has 2 rings (SSSR count). The van der Waals surface area contributed by atoms with E-state index in [-0.39, 0.29) is 6.61 Å². The number of para-hydroxylation sites is 1. The van der Waals surface area contributed by atoms with Crippen molar-refractivity contribution in [2.75, 3.05) is 6.61 Å². The van der Waals surface area contributed by atoms with E-state index >= 15 is 0 Å². The molecule has 20 heavy (non-hydrogen) atoms. The molecule has 0 aromatic heterocycles. The number of benzene rings is 2. The van der Waals surface area contributed by atoms with Crippen molar-refractivity contribution in [1.29, 1.82) is 0 Å². The summed E-state index contributed by atoms with van der Waals surface area (Å²) >= 11 is 0. The maximum Gasteiger partial charge on any atom is 0.343 e. The van der Waals surface area contributed by atoms with E-state index in [0.717, 1.165) is 5.56 Å². The maximum absolute atomic E-state index is 12.0. The van der Waals surface area contributed by atoms with Gasteiger partial charge in [0.25, 0.3) is 0 Å². The fourth-order valence-corrected chi connectivity index (χ4v) is 1.82. The molecule has 0 spiro atoms. The van der Waals surface area contributed by atoms with Gasteiger partial charge >= 0.3 is 5.97 Å². The summed E-state index contributed by atoms with van der Waals surface area (Å²) in [5.74, 6) is 0.0162. The van der Waals surface area contributed by atoms with Crippen LogP contribution in [-0.4, -0.2) is 17.7 Å². The summed E-state index contributed by atoms with van der Waals surface area (Å²) < 4.78 is 5.24. The lowest BCUT2D eigenvalue weighted by Crippen LogP contribution is -2.09. The summed E-state index contributed by atoms with van der Waals surface area (Å²) in [5.41, 5.74) is 1.96. The van der Waals surface area contributed by atoms with E-state index < -0.39 is 5.97 Å². The number of aliphatic hydroxyl groups is 1. The Labute approximate surface area is 118 Å². The van der Waals surface area contributed by atoms with Crippen LogP contribution in [0.2, 0.25) is 0 Å². The number of carbonyl (C=O) groups excluding carboxylic acids is 1. The third-order valence-corrected chi connectivity index (χ3v) is 2.88. The van der Waals surface area contributed by atoms with Crippen molar-refractivity contribution < 1.29 is 14.6 Å². The smallest absolute Gasteiger partial charge is 0.343 e. The Morgan fingerprint density at radius 3 is 2.55 bits per heavy atom. The zero-order valence-electron chi connectivity index (χ0n) is 11.1. The van der Waals surface area contributed by atoms with E-state index in [0.29, 0.717) is 23.3 Å². The quantitative estimate of drug-likeness (QED) is 0.515. The molecule has 0 heterocycles. The van der Waals surface area contributed by atoms with E-state index in [4.69, 9.17) is 9.84 Å². The first-order chi connectivity index (χ1) is 9.70. The molecule has 0 aliphatic heterocycles. The van der Waals surface area contributed by atoms with Gasteiger partial charge < -0.3 is 9.84 Å². The van der Waals surface area contributed by atoms with Gasteiger partial charge in [0.05, 0.1) is 5.57 Å². The van der Waals surface area contributed by atoms with Crippen LogP contribution in [0.1, 0.15) is 11.1 Å². The highest BCUT2D eigenvalue weighted by Crippen LogP contribution is 2.18. The molecule has 0 fully saturated rings. The molecule has 1 N–H and O–H groups in total. The first-order valence-corrected chi connectivity index (χ1v) is 6.37. The third kappa shape index (κ3) is 3.56. The van der Waals surface area contributed by atoms with Crippen molar-refractivity contribution >= 4 is 11.5 Å². The molecule has 0 bridgehead atoms. The summed E-state index contributed by atoms with van der Waals surface area (Å²) in [5, 5.41) is 8.94. The second-order valence-corrected chi connectivity index (χ2v) is 4.36. The molecule has 3 nitrogen and oxygen atoms in total. The highest BCUT2D eigenvalue weighted by molar-refractivity contribution is 6.16. The van der Waals surface area contributed by atoms with Gasteiger partial charge in [-0.2, -0.15) is 0 Å². The number of aliphatic hydroxyl groups excluding tert-OH is 1. The molecule has 2 aromatic rings. The molecule has 0 saturated heterocycles. The van der Waals surface area contributed by atoms with Crippen LogP contribution in [-0.2, 0) is 11.2 Å². The molecule has 0 unspecified atom stereocenters. The molecular formula is C17H16O3. The second kappa shape index (κ2) is 6.68. The van der Waals surface area contributed by atoms with Crippen molar-refractivity contribution in [3.8, 4) is 5.75 Å². The average molecular weight is 268 g/mol. The minimum Gasteiger partial charge on any atom is -0.423 e. The van der Waals surface area contributed by atoms with E-state index in [1.54, 1.807) is 30.3 Å². The van der Waals surface area contributed by atoms with Crippen LogP contribution in [0.25, 0.3) is 5.57 Å². The van der Waals surface area contributed by atoms with E-state index in [2.05, 4.69) is 6.58 Å². The van der Waals surface area contributed by atoms with Crippen LogP contribution in [0.15, 0.2) is 61.2 Å². The second-order valence-electron chi connectivity index (χ2n) is 4.36. The number of hydrogen-bond donors (Lipinski definition) is 1. The van der Waals surface area contributed by atoms with Gasteiger partial charge in [-0.05, 0) is 29.7 Å². The first kappa shape index (κ1) is 14.0. The van der Waals surface area contributed by atoms with Gasteiger partial charge in [-0.3, -0.25) is 0 Å². The molecule has 3 heteroatoms. The van der Waals surface area contributed by atoms with Crippen LogP contribution < -0.4 is 4.74 Å². The normalized spacial score (nSPS) is 10.1. The van der Waals surface area contributed by atoms with E-state index in [9.17, 15) is 4.79 Å². The van der Waals surface area contributed by atoms with Crippen LogP contribution >= 0.6 is 0 Å². The van der Waals surface area contributed by atoms with Gasteiger partial charge in [0.1, 0.15) is 5.75 Å².